The molecule has 0 unspecified atom stereocenters. The zero-order valence-electron chi connectivity index (χ0n) is 15.5. The highest BCUT2D eigenvalue weighted by molar-refractivity contribution is 7.12. The average Bonchev–Trinajstić information content (AvgIpc) is 3.26. The molecule has 0 radical (unpaired) electrons. The molecular formula is C20H18N2O6S. The Hall–Kier alpha value is -3.46. The summed E-state index contributed by atoms with van der Waals surface area (Å²) < 4.78 is 10.2. The SMILES string of the molecule is CCOC(=O)C1=C(COC(=O)c2ccccc2C(=O)c2cccs2)NC(=O)NC1. The molecule has 1 aliphatic heterocycles. The lowest BCUT2D eigenvalue weighted by Crippen LogP contribution is -2.45. The molecule has 9 heteroatoms. The van der Waals surface area contributed by atoms with E-state index in [0.717, 1.165) is 0 Å². The summed E-state index contributed by atoms with van der Waals surface area (Å²) in [5.74, 6) is -1.64. The first-order valence-corrected chi connectivity index (χ1v) is 9.67. The topological polar surface area (TPSA) is 111 Å². The van der Waals surface area contributed by atoms with Crippen molar-refractivity contribution in [3.8, 4) is 0 Å². The standard InChI is InChI=1S/C20H18N2O6S/c1-2-27-19(25)14-10-21-20(26)22-15(14)11-28-18(24)13-7-4-3-6-12(13)17(23)16-8-5-9-29-16/h3-9H,2,10-11H2,1H3,(H2,21,22,26). The lowest BCUT2D eigenvalue weighted by atomic mass is 10.0. The summed E-state index contributed by atoms with van der Waals surface area (Å²) in [5, 5.41) is 6.70. The summed E-state index contributed by atoms with van der Waals surface area (Å²) in [5.41, 5.74) is 0.628. The van der Waals surface area contributed by atoms with E-state index in [4.69, 9.17) is 9.47 Å². The molecule has 0 saturated heterocycles. The first-order chi connectivity index (χ1) is 14.0. The van der Waals surface area contributed by atoms with Crippen LogP contribution in [0.1, 0.15) is 32.5 Å². The maximum atomic E-state index is 12.7. The second kappa shape index (κ2) is 9.16. The molecule has 2 aromatic rings. The Kier molecular flexibility index (Phi) is 6.40. The highest BCUT2D eigenvalue weighted by atomic mass is 32.1. The summed E-state index contributed by atoms with van der Waals surface area (Å²) >= 11 is 1.28. The molecule has 0 atom stereocenters. The van der Waals surface area contributed by atoms with Crippen LogP contribution in [0.5, 0.6) is 0 Å². The van der Waals surface area contributed by atoms with Crippen LogP contribution in [0.2, 0.25) is 0 Å². The molecule has 29 heavy (non-hydrogen) atoms. The van der Waals surface area contributed by atoms with Crippen LogP contribution in [-0.2, 0) is 14.3 Å². The second-order valence-electron chi connectivity index (χ2n) is 5.91. The first kappa shape index (κ1) is 20.3. The van der Waals surface area contributed by atoms with Crippen molar-refractivity contribution in [1.82, 2.24) is 10.6 Å². The van der Waals surface area contributed by atoms with Crippen LogP contribution >= 0.6 is 11.3 Å². The number of nitrogens with one attached hydrogen (secondary N) is 2. The number of esters is 2. The van der Waals surface area contributed by atoms with Gasteiger partial charge in [0.2, 0.25) is 5.78 Å². The number of thiophene rings is 1. The Labute approximate surface area is 170 Å². The number of hydrogen-bond donors (Lipinski definition) is 2. The van der Waals surface area contributed by atoms with Gasteiger partial charge in [-0.05, 0) is 24.4 Å². The van der Waals surface area contributed by atoms with E-state index in [1.807, 2.05) is 0 Å². The molecule has 0 fully saturated rings. The number of ketones is 1. The van der Waals surface area contributed by atoms with Gasteiger partial charge in [0, 0.05) is 5.56 Å². The quantitative estimate of drug-likeness (QED) is 0.531. The van der Waals surface area contributed by atoms with E-state index >= 15 is 0 Å². The third-order valence-corrected chi connectivity index (χ3v) is 4.93. The van der Waals surface area contributed by atoms with Crippen LogP contribution in [0.3, 0.4) is 0 Å². The fraction of sp³-hybridized carbons (Fsp3) is 0.200. The summed E-state index contributed by atoms with van der Waals surface area (Å²) in [7, 11) is 0. The summed E-state index contributed by atoms with van der Waals surface area (Å²) in [4.78, 5) is 49.4. The number of carbonyl (C=O) groups is 4. The van der Waals surface area contributed by atoms with Crippen molar-refractivity contribution >= 4 is 35.1 Å². The number of benzene rings is 1. The third-order valence-electron chi connectivity index (χ3n) is 4.06. The van der Waals surface area contributed by atoms with Gasteiger partial charge in [-0.3, -0.25) is 4.79 Å². The minimum Gasteiger partial charge on any atom is -0.463 e. The maximum absolute atomic E-state index is 12.7. The van der Waals surface area contributed by atoms with Crippen molar-refractivity contribution in [3.05, 3.63) is 69.1 Å². The number of urea groups is 1. The van der Waals surface area contributed by atoms with E-state index in [1.54, 1.807) is 42.6 Å². The highest BCUT2D eigenvalue weighted by Gasteiger charge is 2.25. The predicted molar refractivity (Wildman–Crippen MR) is 105 cm³/mol. The molecule has 150 valence electrons. The van der Waals surface area contributed by atoms with Gasteiger partial charge in [-0.1, -0.05) is 24.3 Å². The average molecular weight is 414 g/mol. The maximum Gasteiger partial charge on any atom is 0.339 e. The van der Waals surface area contributed by atoms with Gasteiger partial charge in [-0.2, -0.15) is 0 Å². The van der Waals surface area contributed by atoms with Gasteiger partial charge in [-0.25, -0.2) is 14.4 Å². The molecule has 8 nitrogen and oxygen atoms in total. The van der Waals surface area contributed by atoms with Gasteiger partial charge in [0.05, 0.1) is 34.9 Å². The van der Waals surface area contributed by atoms with Crippen LogP contribution in [0, 0.1) is 0 Å². The molecule has 1 aromatic heterocycles. The van der Waals surface area contributed by atoms with Crippen LogP contribution in [0.4, 0.5) is 4.79 Å². The van der Waals surface area contributed by atoms with Gasteiger partial charge in [-0.15, -0.1) is 11.3 Å². The van der Waals surface area contributed by atoms with Crippen molar-refractivity contribution in [2.75, 3.05) is 19.8 Å². The Morgan fingerprint density at radius 2 is 1.79 bits per heavy atom. The Bertz CT molecular complexity index is 981. The van der Waals surface area contributed by atoms with Crippen LogP contribution < -0.4 is 10.6 Å². The van der Waals surface area contributed by atoms with E-state index in [-0.39, 0.29) is 47.9 Å². The van der Waals surface area contributed by atoms with Gasteiger partial charge < -0.3 is 20.1 Å². The number of carbonyl (C=O) groups excluding carboxylic acids is 4. The van der Waals surface area contributed by atoms with Crippen molar-refractivity contribution in [3.63, 3.8) is 0 Å². The van der Waals surface area contributed by atoms with E-state index in [1.165, 1.54) is 17.4 Å². The van der Waals surface area contributed by atoms with Crippen LogP contribution in [0.15, 0.2) is 53.0 Å². The number of amides is 2. The minimum absolute atomic E-state index is 0.0367. The molecule has 1 aliphatic rings. The summed E-state index contributed by atoms with van der Waals surface area (Å²) in [6.07, 6.45) is 0. The van der Waals surface area contributed by atoms with Gasteiger partial charge in [0.15, 0.2) is 0 Å². The lowest BCUT2D eigenvalue weighted by Gasteiger charge is -2.21. The predicted octanol–water partition coefficient (Wildman–Crippen LogP) is 2.27. The van der Waals surface area contributed by atoms with Crippen molar-refractivity contribution in [1.29, 1.82) is 0 Å². The monoisotopic (exact) mass is 414 g/mol. The molecule has 0 spiro atoms. The Balaban J connectivity index is 1.79. The number of ether oxygens (including phenoxy) is 2. The first-order valence-electron chi connectivity index (χ1n) is 8.79. The van der Waals surface area contributed by atoms with E-state index < -0.39 is 18.0 Å². The smallest absolute Gasteiger partial charge is 0.339 e. The molecule has 0 saturated carbocycles. The zero-order chi connectivity index (χ0) is 20.8. The Morgan fingerprint density at radius 1 is 1.03 bits per heavy atom. The van der Waals surface area contributed by atoms with E-state index in [2.05, 4.69) is 10.6 Å². The van der Waals surface area contributed by atoms with Crippen LogP contribution in [-0.4, -0.2) is 43.5 Å². The largest absolute Gasteiger partial charge is 0.463 e. The molecule has 1 aromatic carbocycles. The fourth-order valence-electron chi connectivity index (χ4n) is 2.68. The molecule has 3 rings (SSSR count). The zero-order valence-corrected chi connectivity index (χ0v) is 16.3. The van der Waals surface area contributed by atoms with Gasteiger partial charge >= 0.3 is 18.0 Å². The number of hydrogen-bond acceptors (Lipinski definition) is 7. The summed E-state index contributed by atoms with van der Waals surface area (Å²) in [6, 6.07) is 9.23. The molecule has 0 bridgehead atoms. The van der Waals surface area contributed by atoms with Crippen molar-refractivity contribution in [2.24, 2.45) is 0 Å². The highest BCUT2D eigenvalue weighted by Crippen LogP contribution is 2.19. The molecular weight excluding hydrogens is 396 g/mol. The van der Waals surface area contributed by atoms with Crippen molar-refractivity contribution in [2.45, 2.75) is 6.92 Å². The second-order valence-corrected chi connectivity index (χ2v) is 6.86. The van der Waals surface area contributed by atoms with Crippen molar-refractivity contribution < 1.29 is 28.7 Å². The lowest BCUT2D eigenvalue weighted by molar-refractivity contribution is -0.138. The fourth-order valence-corrected chi connectivity index (χ4v) is 3.36. The number of rotatable bonds is 7. The van der Waals surface area contributed by atoms with E-state index in [0.29, 0.717) is 4.88 Å². The minimum atomic E-state index is -0.742. The van der Waals surface area contributed by atoms with E-state index in [9.17, 15) is 19.2 Å². The summed E-state index contributed by atoms with van der Waals surface area (Å²) in [6.45, 7) is 1.45. The van der Waals surface area contributed by atoms with Gasteiger partial charge in [0.1, 0.15) is 6.61 Å². The molecule has 2 heterocycles. The Morgan fingerprint density at radius 3 is 2.48 bits per heavy atom. The van der Waals surface area contributed by atoms with Gasteiger partial charge in [0.25, 0.3) is 0 Å². The molecule has 0 aliphatic carbocycles. The normalized spacial score (nSPS) is 13.3. The molecule has 2 amide bonds. The third kappa shape index (κ3) is 4.69. The molecule has 2 N–H and O–H groups in total. The van der Waals surface area contributed by atoms with Crippen LogP contribution in [0.25, 0.3) is 0 Å².